The Morgan fingerprint density at radius 3 is 2.04 bits per heavy atom. The molecule has 0 aliphatic rings. The standard InChI is InChI=1S/C21H22N2O5/c1-13(22-20(26)17-7-5-4-6-8-17)21(27)28-15(3)19(25)23-18-11-9-16(10-12-18)14(2)24/h4-13,15H,1-3H3,(H,22,26)(H,23,25)/t13-,15-/m0/s1. The van der Waals surface area contributed by atoms with Crippen molar-refractivity contribution in [3.05, 3.63) is 65.7 Å². The lowest BCUT2D eigenvalue weighted by Crippen LogP contribution is -2.42. The molecular weight excluding hydrogens is 360 g/mol. The maximum atomic E-state index is 12.2. The van der Waals surface area contributed by atoms with E-state index >= 15 is 0 Å². The predicted molar refractivity (Wildman–Crippen MR) is 104 cm³/mol. The Balaban J connectivity index is 1.87. The van der Waals surface area contributed by atoms with Crippen LogP contribution in [0.1, 0.15) is 41.5 Å². The second-order valence-corrected chi connectivity index (χ2v) is 6.26. The third-order valence-electron chi connectivity index (χ3n) is 3.96. The van der Waals surface area contributed by atoms with Gasteiger partial charge in [0.2, 0.25) is 0 Å². The van der Waals surface area contributed by atoms with Crippen LogP contribution in [0.25, 0.3) is 0 Å². The molecule has 0 fully saturated rings. The van der Waals surface area contributed by atoms with Gasteiger partial charge in [-0.3, -0.25) is 14.4 Å². The van der Waals surface area contributed by atoms with Crippen LogP contribution < -0.4 is 10.6 Å². The quantitative estimate of drug-likeness (QED) is 0.566. The molecule has 2 amide bonds. The molecule has 0 aliphatic heterocycles. The summed E-state index contributed by atoms with van der Waals surface area (Å²) in [7, 11) is 0. The van der Waals surface area contributed by atoms with E-state index in [1.165, 1.54) is 20.8 Å². The molecular formula is C21H22N2O5. The summed E-state index contributed by atoms with van der Waals surface area (Å²) in [6, 6.07) is 13.9. The molecule has 0 saturated carbocycles. The number of carbonyl (C=O) groups excluding carboxylic acids is 4. The van der Waals surface area contributed by atoms with Gasteiger partial charge in [0.05, 0.1) is 0 Å². The molecule has 2 rings (SSSR count). The Bertz CT molecular complexity index is 862. The van der Waals surface area contributed by atoms with Gasteiger partial charge in [-0.15, -0.1) is 0 Å². The van der Waals surface area contributed by atoms with E-state index in [1.54, 1.807) is 54.6 Å². The lowest BCUT2D eigenvalue weighted by molar-refractivity contribution is -0.154. The summed E-state index contributed by atoms with van der Waals surface area (Å²) in [5.74, 6) is -1.73. The molecule has 2 aromatic carbocycles. The van der Waals surface area contributed by atoms with Crippen molar-refractivity contribution < 1.29 is 23.9 Å². The lowest BCUT2D eigenvalue weighted by Gasteiger charge is -2.17. The number of ether oxygens (including phenoxy) is 1. The number of ketones is 1. The number of hydrogen-bond donors (Lipinski definition) is 2. The maximum absolute atomic E-state index is 12.2. The molecule has 0 heterocycles. The van der Waals surface area contributed by atoms with Crippen LogP contribution >= 0.6 is 0 Å². The van der Waals surface area contributed by atoms with Gasteiger partial charge in [-0.05, 0) is 57.2 Å². The Labute approximate surface area is 163 Å². The molecule has 0 saturated heterocycles. The minimum absolute atomic E-state index is 0.0771. The van der Waals surface area contributed by atoms with Gasteiger partial charge in [0.25, 0.3) is 11.8 Å². The van der Waals surface area contributed by atoms with Crippen LogP contribution in [-0.2, 0) is 14.3 Å². The van der Waals surface area contributed by atoms with Crippen molar-refractivity contribution in [1.82, 2.24) is 5.32 Å². The zero-order valence-corrected chi connectivity index (χ0v) is 15.9. The first-order chi connectivity index (χ1) is 13.3. The highest BCUT2D eigenvalue weighted by Crippen LogP contribution is 2.11. The van der Waals surface area contributed by atoms with E-state index in [-0.39, 0.29) is 5.78 Å². The summed E-state index contributed by atoms with van der Waals surface area (Å²) in [5, 5.41) is 5.13. The lowest BCUT2D eigenvalue weighted by atomic mass is 10.1. The number of rotatable bonds is 7. The van der Waals surface area contributed by atoms with E-state index in [0.29, 0.717) is 16.8 Å². The molecule has 0 aliphatic carbocycles. The summed E-state index contributed by atoms with van der Waals surface area (Å²) >= 11 is 0. The van der Waals surface area contributed by atoms with E-state index in [2.05, 4.69) is 10.6 Å². The monoisotopic (exact) mass is 382 g/mol. The third kappa shape index (κ3) is 5.77. The topological polar surface area (TPSA) is 102 Å². The van der Waals surface area contributed by atoms with Gasteiger partial charge in [0.15, 0.2) is 11.9 Å². The molecule has 28 heavy (non-hydrogen) atoms. The molecule has 0 aromatic heterocycles. The van der Waals surface area contributed by atoms with E-state index < -0.39 is 29.9 Å². The fourth-order valence-corrected chi connectivity index (χ4v) is 2.29. The molecule has 146 valence electrons. The van der Waals surface area contributed by atoms with E-state index in [9.17, 15) is 19.2 Å². The Morgan fingerprint density at radius 2 is 1.46 bits per heavy atom. The smallest absolute Gasteiger partial charge is 0.329 e. The molecule has 2 atom stereocenters. The van der Waals surface area contributed by atoms with Crippen LogP contribution in [-0.4, -0.2) is 35.7 Å². The first-order valence-electron chi connectivity index (χ1n) is 8.76. The van der Waals surface area contributed by atoms with Crippen LogP contribution in [0.15, 0.2) is 54.6 Å². The SMILES string of the molecule is CC(=O)c1ccc(NC(=O)[C@H](C)OC(=O)[C@H](C)NC(=O)c2ccccc2)cc1. The third-order valence-corrected chi connectivity index (χ3v) is 3.96. The summed E-state index contributed by atoms with van der Waals surface area (Å²) in [4.78, 5) is 47.7. The number of benzene rings is 2. The van der Waals surface area contributed by atoms with Gasteiger partial charge >= 0.3 is 5.97 Å². The number of carbonyl (C=O) groups is 4. The average molecular weight is 382 g/mol. The fourth-order valence-electron chi connectivity index (χ4n) is 2.29. The van der Waals surface area contributed by atoms with Crippen LogP contribution in [0.3, 0.4) is 0 Å². The Hall–Kier alpha value is -3.48. The number of hydrogen-bond acceptors (Lipinski definition) is 5. The fraction of sp³-hybridized carbons (Fsp3) is 0.238. The van der Waals surface area contributed by atoms with Gasteiger partial charge in [0.1, 0.15) is 6.04 Å². The number of Topliss-reactive ketones (excluding diaryl/α,β-unsaturated/α-hetero) is 1. The minimum Gasteiger partial charge on any atom is -0.451 e. The van der Waals surface area contributed by atoms with Crippen LogP contribution in [0.4, 0.5) is 5.69 Å². The van der Waals surface area contributed by atoms with Crippen molar-refractivity contribution in [2.24, 2.45) is 0 Å². The average Bonchev–Trinajstić information content (AvgIpc) is 2.68. The van der Waals surface area contributed by atoms with Crippen molar-refractivity contribution in [3.8, 4) is 0 Å². The van der Waals surface area contributed by atoms with Crippen molar-refractivity contribution >= 4 is 29.3 Å². The second kappa shape index (κ2) is 9.45. The first-order valence-corrected chi connectivity index (χ1v) is 8.76. The van der Waals surface area contributed by atoms with Gasteiger partial charge in [-0.1, -0.05) is 18.2 Å². The van der Waals surface area contributed by atoms with Crippen molar-refractivity contribution in [3.63, 3.8) is 0 Å². The highest BCUT2D eigenvalue weighted by molar-refractivity contribution is 5.98. The van der Waals surface area contributed by atoms with Crippen molar-refractivity contribution in [2.75, 3.05) is 5.32 Å². The first kappa shape index (κ1) is 20.8. The second-order valence-electron chi connectivity index (χ2n) is 6.26. The van der Waals surface area contributed by atoms with Gasteiger partial charge in [0, 0.05) is 16.8 Å². The van der Waals surface area contributed by atoms with E-state index in [0.717, 1.165) is 0 Å². The zero-order chi connectivity index (χ0) is 20.7. The number of esters is 1. The van der Waals surface area contributed by atoms with E-state index in [4.69, 9.17) is 4.74 Å². The normalized spacial score (nSPS) is 12.4. The van der Waals surface area contributed by atoms with Gasteiger partial charge in [-0.25, -0.2) is 4.79 Å². The van der Waals surface area contributed by atoms with Crippen molar-refractivity contribution in [2.45, 2.75) is 32.9 Å². The summed E-state index contributed by atoms with van der Waals surface area (Å²) in [6.45, 7) is 4.37. The minimum atomic E-state index is -1.06. The van der Waals surface area contributed by atoms with Crippen LogP contribution in [0.2, 0.25) is 0 Å². The predicted octanol–water partition coefficient (Wildman–Crippen LogP) is 2.58. The molecule has 7 heteroatoms. The number of nitrogens with one attached hydrogen (secondary N) is 2. The number of anilines is 1. The van der Waals surface area contributed by atoms with Crippen LogP contribution in [0, 0.1) is 0 Å². The molecule has 2 aromatic rings. The van der Waals surface area contributed by atoms with Crippen molar-refractivity contribution in [1.29, 1.82) is 0 Å². The molecule has 7 nitrogen and oxygen atoms in total. The highest BCUT2D eigenvalue weighted by Gasteiger charge is 2.23. The summed E-state index contributed by atoms with van der Waals surface area (Å²) in [6.07, 6.45) is -1.06. The molecule has 0 radical (unpaired) electrons. The Morgan fingerprint density at radius 1 is 0.857 bits per heavy atom. The molecule has 0 bridgehead atoms. The maximum Gasteiger partial charge on any atom is 0.329 e. The van der Waals surface area contributed by atoms with Gasteiger partial charge in [-0.2, -0.15) is 0 Å². The highest BCUT2D eigenvalue weighted by atomic mass is 16.5. The molecule has 0 spiro atoms. The largest absolute Gasteiger partial charge is 0.451 e. The number of amides is 2. The molecule has 0 unspecified atom stereocenters. The van der Waals surface area contributed by atoms with Crippen LogP contribution in [0.5, 0.6) is 0 Å². The zero-order valence-electron chi connectivity index (χ0n) is 15.9. The summed E-state index contributed by atoms with van der Waals surface area (Å²) < 4.78 is 5.13. The van der Waals surface area contributed by atoms with Gasteiger partial charge < -0.3 is 15.4 Å². The molecule has 2 N–H and O–H groups in total. The summed E-state index contributed by atoms with van der Waals surface area (Å²) in [5.41, 5.74) is 1.42. The van der Waals surface area contributed by atoms with E-state index in [1.807, 2.05) is 0 Å². The Kier molecular flexibility index (Phi) is 7.03.